The first-order valence-corrected chi connectivity index (χ1v) is 10.1. The van der Waals surface area contributed by atoms with Crippen LogP contribution in [-0.2, 0) is 9.59 Å². The second-order valence-electron chi connectivity index (χ2n) is 7.49. The molecule has 6 nitrogen and oxygen atoms in total. The number of hydrogen-bond donors (Lipinski definition) is 3. The molecule has 0 spiro atoms. The van der Waals surface area contributed by atoms with Crippen LogP contribution in [0.3, 0.4) is 0 Å². The molecule has 0 bridgehead atoms. The van der Waals surface area contributed by atoms with Gasteiger partial charge in [-0.15, -0.1) is 0 Å². The summed E-state index contributed by atoms with van der Waals surface area (Å²) in [5.74, 6) is 0.915. The first-order valence-electron chi connectivity index (χ1n) is 10.1. The monoisotopic (exact) mass is 397 g/mol. The lowest BCUT2D eigenvalue weighted by Gasteiger charge is -2.14. The van der Waals surface area contributed by atoms with Crippen LogP contribution in [0.4, 0.5) is 17.1 Å². The van der Waals surface area contributed by atoms with Gasteiger partial charge in [0.05, 0.1) is 12.6 Å². The van der Waals surface area contributed by atoms with Gasteiger partial charge < -0.3 is 20.7 Å². The van der Waals surface area contributed by atoms with E-state index < -0.39 is 0 Å². The van der Waals surface area contributed by atoms with Gasteiger partial charge in [0, 0.05) is 29.5 Å². The van der Waals surface area contributed by atoms with E-state index in [2.05, 4.69) is 22.9 Å². The molecule has 3 N–H and O–H groups in total. The lowest BCUT2D eigenvalue weighted by molar-refractivity contribution is -0.117. The fourth-order valence-electron chi connectivity index (χ4n) is 2.60. The van der Waals surface area contributed by atoms with Crippen molar-refractivity contribution >= 4 is 28.9 Å². The molecule has 0 aliphatic heterocycles. The summed E-state index contributed by atoms with van der Waals surface area (Å²) in [5.41, 5.74) is 2.21. The predicted molar refractivity (Wildman–Crippen MR) is 118 cm³/mol. The van der Waals surface area contributed by atoms with Gasteiger partial charge in [0.2, 0.25) is 11.8 Å². The van der Waals surface area contributed by atoms with E-state index in [1.54, 1.807) is 24.3 Å². The molecular weight excluding hydrogens is 366 g/mol. The summed E-state index contributed by atoms with van der Waals surface area (Å²) < 4.78 is 5.80. The maximum absolute atomic E-state index is 12.2. The smallest absolute Gasteiger partial charge is 0.243 e. The van der Waals surface area contributed by atoms with Crippen molar-refractivity contribution in [3.8, 4) is 5.75 Å². The summed E-state index contributed by atoms with van der Waals surface area (Å²) in [6, 6.07) is 14.7. The molecule has 2 aromatic carbocycles. The number of carbonyl (C=O) groups excluding carboxylic acids is 2. The molecule has 29 heavy (non-hydrogen) atoms. The molecule has 0 saturated carbocycles. The molecule has 2 aromatic rings. The molecule has 156 valence electrons. The van der Waals surface area contributed by atoms with Crippen molar-refractivity contribution in [2.75, 3.05) is 22.5 Å². The van der Waals surface area contributed by atoms with E-state index in [0.717, 1.165) is 17.9 Å². The van der Waals surface area contributed by atoms with Gasteiger partial charge in [0.25, 0.3) is 0 Å². The summed E-state index contributed by atoms with van der Waals surface area (Å²) in [6.45, 7) is 8.24. The van der Waals surface area contributed by atoms with E-state index >= 15 is 0 Å². The topological polar surface area (TPSA) is 79.5 Å². The summed E-state index contributed by atoms with van der Waals surface area (Å²) in [5, 5.41) is 8.79. The zero-order valence-corrected chi connectivity index (χ0v) is 17.6. The molecule has 0 aliphatic carbocycles. The van der Waals surface area contributed by atoms with Crippen LogP contribution in [0.1, 0.15) is 40.5 Å². The molecule has 1 unspecified atom stereocenters. The highest BCUT2D eigenvalue weighted by Gasteiger charge is 2.07. The van der Waals surface area contributed by atoms with Crippen LogP contribution < -0.4 is 20.7 Å². The van der Waals surface area contributed by atoms with E-state index in [9.17, 15) is 9.59 Å². The molecule has 0 fully saturated rings. The number of rotatable bonds is 10. The van der Waals surface area contributed by atoms with Crippen molar-refractivity contribution in [1.82, 2.24) is 0 Å². The minimum atomic E-state index is -0.158. The van der Waals surface area contributed by atoms with Gasteiger partial charge in [-0.3, -0.25) is 9.59 Å². The van der Waals surface area contributed by atoms with Gasteiger partial charge in [-0.1, -0.05) is 26.8 Å². The quantitative estimate of drug-likeness (QED) is 0.533. The molecule has 6 heteroatoms. The normalized spacial score (nSPS) is 11.6. The third kappa shape index (κ3) is 8.25. The lowest BCUT2D eigenvalue weighted by Crippen LogP contribution is -2.21. The average Bonchev–Trinajstić information content (AvgIpc) is 2.67. The zero-order chi connectivity index (χ0) is 21.2. The maximum Gasteiger partial charge on any atom is 0.243 e. The fraction of sp³-hybridized carbons (Fsp3) is 0.391. The van der Waals surface area contributed by atoms with Crippen LogP contribution in [0.5, 0.6) is 5.75 Å². The Bertz CT molecular complexity index is 803. The second kappa shape index (κ2) is 11.1. The maximum atomic E-state index is 12.2. The van der Waals surface area contributed by atoms with Gasteiger partial charge in [0.15, 0.2) is 0 Å². The lowest BCUT2D eigenvalue weighted by atomic mass is 10.1. The summed E-state index contributed by atoms with van der Waals surface area (Å²) >= 11 is 0. The minimum absolute atomic E-state index is 0.0134. The molecule has 0 saturated heterocycles. The second-order valence-corrected chi connectivity index (χ2v) is 7.49. The van der Waals surface area contributed by atoms with Crippen molar-refractivity contribution in [3.05, 3.63) is 48.5 Å². The molecular formula is C23H31N3O3. The largest absolute Gasteiger partial charge is 0.491 e. The van der Waals surface area contributed by atoms with Crippen LogP contribution in [-0.4, -0.2) is 24.5 Å². The van der Waals surface area contributed by atoms with Crippen molar-refractivity contribution < 1.29 is 14.3 Å². The Labute approximate surface area is 173 Å². The molecule has 0 heterocycles. The van der Waals surface area contributed by atoms with Crippen molar-refractivity contribution in [2.45, 2.75) is 46.6 Å². The highest BCUT2D eigenvalue weighted by atomic mass is 16.5. The van der Waals surface area contributed by atoms with E-state index in [-0.39, 0.29) is 24.5 Å². The number of nitrogens with one attached hydrogen (secondary N) is 3. The summed E-state index contributed by atoms with van der Waals surface area (Å²) in [4.78, 5) is 24.0. The van der Waals surface area contributed by atoms with Crippen LogP contribution >= 0.6 is 0 Å². The minimum Gasteiger partial charge on any atom is -0.491 e. The van der Waals surface area contributed by atoms with Crippen LogP contribution in [0.25, 0.3) is 0 Å². The first-order chi connectivity index (χ1) is 13.9. The van der Waals surface area contributed by atoms with Crippen molar-refractivity contribution in [3.63, 3.8) is 0 Å². The molecule has 1 atom stereocenters. The van der Waals surface area contributed by atoms with Gasteiger partial charge in [-0.05, 0) is 55.7 Å². The Morgan fingerprint density at radius 3 is 2.10 bits per heavy atom. The Morgan fingerprint density at radius 1 is 0.897 bits per heavy atom. The third-order valence-corrected chi connectivity index (χ3v) is 4.25. The van der Waals surface area contributed by atoms with E-state index in [1.807, 2.05) is 45.0 Å². The summed E-state index contributed by atoms with van der Waals surface area (Å²) in [7, 11) is 0. The highest BCUT2D eigenvalue weighted by Crippen LogP contribution is 2.19. The zero-order valence-electron chi connectivity index (χ0n) is 17.6. The van der Waals surface area contributed by atoms with Gasteiger partial charge in [0.1, 0.15) is 5.75 Å². The van der Waals surface area contributed by atoms with Gasteiger partial charge in [-0.2, -0.15) is 0 Å². The Balaban J connectivity index is 1.82. The van der Waals surface area contributed by atoms with E-state index in [4.69, 9.17) is 4.74 Å². The van der Waals surface area contributed by atoms with E-state index in [0.29, 0.717) is 23.7 Å². The third-order valence-electron chi connectivity index (χ3n) is 4.25. The Kier molecular flexibility index (Phi) is 8.52. The standard InChI is InChI=1S/C23H31N3O3/c1-5-17(4)29-21-8-6-7-20(14-21)24-15-23(28)26-19-11-9-18(10-12-19)25-22(27)13-16(2)3/h6-12,14,16-17,24H,5,13,15H2,1-4H3,(H,25,27)(H,26,28). The SMILES string of the molecule is CCC(C)Oc1cccc(NCC(=O)Nc2ccc(NC(=O)CC(C)C)cc2)c1. The van der Waals surface area contributed by atoms with Crippen LogP contribution in [0, 0.1) is 5.92 Å². The Hall–Kier alpha value is -3.02. The molecule has 0 radical (unpaired) electrons. The number of carbonyl (C=O) groups is 2. The first kappa shape index (κ1) is 22.3. The van der Waals surface area contributed by atoms with Gasteiger partial charge >= 0.3 is 0 Å². The van der Waals surface area contributed by atoms with Crippen LogP contribution in [0.2, 0.25) is 0 Å². The fourth-order valence-corrected chi connectivity index (χ4v) is 2.60. The van der Waals surface area contributed by atoms with Gasteiger partial charge in [-0.25, -0.2) is 0 Å². The van der Waals surface area contributed by atoms with Crippen molar-refractivity contribution in [2.24, 2.45) is 5.92 Å². The molecule has 2 amide bonds. The molecule has 2 rings (SSSR count). The van der Waals surface area contributed by atoms with E-state index in [1.165, 1.54) is 0 Å². The number of anilines is 3. The highest BCUT2D eigenvalue weighted by molar-refractivity contribution is 5.94. The molecule has 0 aromatic heterocycles. The van der Waals surface area contributed by atoms with Crippen molar-refractivity contribution in [1.29, 1.82) is 0 Å². The predicted octanol–water partition coefficient (Wildman–Crippen LogP) is 4.90. The number of ether oxygens (including phenoxy) is 1. The molecule has 0 aliphatic rings. The Morgan fingerprint density at radius 2 is 1.52 bits per heavy atom. The number of hydrogen-bond acceptors (Lipinski definition) is 4. The number of amides is 2. The average molecular weight is 398 g/mol. The number of benzene rings is 2. The summed E-state index contributed by atoms with van der Waals surface area (Å²) in [6.07, 6.45) is 1.56. The van der Waals surface area contributed by atoms with Crippen LogP contribution in [0.15, 0.2) is 48.5 Å².